The summed E-state index contributed by atoms with van der Waals surface area (Å²) in [5, 5.41) is 15.4. The number of carbonyl (C=O) groups is 2. The third-order valence-electron chi connectivity index (χ3n) is 4.15. The van der Waals surface area contributed by atoms with E-state index in [-0.39, 0.29) is 23.6 Å². The van der Waals surface area contributed by atoms with E-state index in [1.807, 2.05) is 0 Å². The minimum Gasteiger partial charge on any atom is -0.506 e. The van der Waals surface area contributed by atoms with Crippen molar-refractivity contribution < 1.29 is 23.8 Å². The standard InChI is InChI=1S/C20H18N2O6/c1-11-9-16(24)28-18-14(11)7-8-15(23)17(18)22-20(26)19(25)21-10-12-3-5-13(27-2)6-4-12/h3-9,23H,10H2,1-2H3,(H,21,25)(H,22,26). The van der Waals surface area contributed by atoms with E-state index in [0.29, 0.717) is 16.7 Å². The second kappa shape index (κ2) is 7.83. The van der Waals surface area contributed by atoms with Crippen molar-refractivity contribution in [2.75, 3.05) is 12.4 Å². The largest absolute Gasteiger partial charge is 0.506 e. The van der Waals surface area contributed by atoms with Crippen molar-refractivity contribution in [3.05, 3.63) is 64.0 Å². The number of fused-ring (bicyclic) bond motifs is 1. The fourth-order valence-corrected chi connectivity index (χ4v) is 2.67. The lowest BCUT2D eigenvalue weighted by atomic mass is 10.1. The first-order valence-electron chi connectivity index (χ1n) is 8.37. The van der Waals surface area contributed by atoms with Crippen molar-refractivity contribution >= 4 is 28.5 Å². The van der Waals surface area contributed by atoms with Gasteiger partial charge in [0.1, 0.15) is 17.2 Å². The Balaban J connectivity index is 1.75. The normalized spacial score (nSPS) is 10.5. The summed E-state index contributed by atoms with van der Waals surface area (Å²) in [6.45, 7) is 1.83. The molecule has 0 fully saturated rings. The zero-order valence-corrected chi connectivity index (χ0v) is 15.2. The van der Waals surface area contributed by atoms with Gasteiger partial charge < -0.3 is 24.9 Å². The first-order chi connectivity index (χ1) is 13.4. The lowest BCUT2D eigenvalue weighted by molar-refractivity contribution is -0.136. The van der Waals surface area contributed by atoms with Gasteiger partial charge in [-0.3, -0.25) is 9.59 Å². The van der Waals surface area contributed by atoms with Crippen LogP contribution in [0.15, 0.2) is 51.7 Å². The van der Waals surface area contributed by atoms with Crippen LogP contribution >= 0.6 is 0 Å². The van der Waals surface area contributed by atoms with E-state index in [0.717, 1.165) is 5.56 Å². The van der Waals surface area contributed by atoms with Crippen molar-refractivity contribution in [2.24, 2.45) is 0 Å². The molecule has 3 N–H and O–H groups in total. The molecular weight excluding hydrogens is 364 g/mol. The van der Waals surface area contributed by atoms with Crippen molar-refractivity contribution in [3.8, 4) is 11.5 Å². The molecule has 8 heteroatoms. The van der Waals surface area contributed by atoms with Gasteiger partial charge in [0, 0.05) is 18.0 Å². The Kier molecular flexibility index (Phi) is 5.30. The van der Waals surface area contributed by atoms with Gasteiger partial charge in [0.2, 0.25) is 0 Å². The van der Waals surface area contributed by atoms with Crippen molar-refractivity contribution in [1.82, 2.24) is 5.32 Å². The van der Waals surface area contributed by atoms with Crippen LogP contribution in [0.5, 0.6) is 11.5 Å². The number of rotatable bonds is 4. The maximum absolute atomic E-state index is 12.2. The minimum absolute atomic E-state index is 0.00121. The van der Waals surface area contributed by atoms with Gasteiger partial charge in [-0.15, -0.1) is 0 Å². The summed E-state index contributed by atoms with van der Waals surface area (Å²) in [5.41, 5.74) is 0.626. The van der Waals surface area contributed by atoms with E-state index in [4.69, 9.17) is 9.15 Å². The quantitative estimate of drug-likeness (QED) is 0.361. The summed E-state index contributed by atoms with van der Waals surface area (Å²) >= 11 is 0. The van der Waals surface area contributed by atoms with Crippen LogP contribution in [-0.2, 0) is 16.1 Å². The number of methoxy groups -OCH3 is 1. The molecule has 0 bridgehead atoms. The Hall–Kier alpha value is -3.81. The Bertz CT molecular complexity index is 1100. The molecule has 0 saturated carbocycles. The molecule has 144 valence electrons. The van der Waals surface area contributed by atoms with Crippen LogP contribution in [0, 0.1) is 6.92 Å². The molecule has 2 amide bonds. The lowest BCUT2D eigenvalue weighted by Crippen LogP contribution is -2.35. The van der Waals surface area contributed by atoms with E-state index in [9.17, 15) is 19.5 Å². The third kappa shape index (κ3) is 3.96. The summed E-state index contributed by atoms with van der Waals surface area (Å²) in [5.74, 6) is -1.55. The summed E-state index contributed by atoms with van der Waals surface area (Å²) in [6.07, 6.45) is 0. The van der Waals surface area contributed by atoms with Crippen LogP contribution in [0.4, 0.5) is 5.69 Å². The first kappa shape index (κ1) is 19.0. The van der Waals surface area contributed by atoms with Crippen molar-refractivity contribution in [2.45, 2.75) is 13.5 Å². The molecule has 3 rings (SSSR count). The number of amides is 2. The molecule has 0 radical (unpaired) electrons. The number of anilines is 1. The van der Waals surface area contributed by atoms with Gasteiger partial charge >= 0.3 is 17.4 Å². The van der Waals surface area contributed by atoms with Gasteiger partial charge in [-0.2, -0.15) is 0 Å². The summed E-state index contributed by atoms with van der Waals surface area (Å²) < 4.78 is 10.2. The predicted molar refractivity (Wildman–Crippen MR) is 102 cm³/mol. The number of phenols is 1. The predicted octanol–water partition coefficient (Wildman–Crippen LogP) is 2.07. The summed E-state index contributed by atoms with van der Waals surface area (Å²) in [6, 6.07) is 11.2. The Morgan fingerprint density at radius 2 is 1.82 bits per heavy atom. The second-order valence-corrected chi connectivity index (χ2v) is 6.07. The Morgan fingerprint density at radius 1 is 1.11 bits per heavy atom. The molecule has 0 aliphatic heterocycles. The number of carbonyl (C=O) groups excluding carboxylic acids is 2. The second-order valence-electron chi connectivity index (χ2n) is 6.07. The van der Waals surface area contributed by atoms with Crippen LogP contribution in [0.2, 0.25) is 0 Å². The van der Waals surface area contributed by atoms with Gasteiger partial charge in [-0.25, -0.2) is 4.79 Å². The van der Waals surface area contributed by atoms with E-state index in [1.54, 1.807) is 44.4 Å². The van der Waals surface area contributed by atoms with E-state index >= 15 is 0 Å². The van der Waals surface area contributed by atoms with Gasteiger partial charge in [0.15, 0.2) is 5.58 Å². The zero-order valence-electron chi connectivity index (χ0n) is 15.2. The summed E-state index contributed by atoms with van der Waals surface area (Å²) in [4.78, 5) is 36.0. The highest BCUT2D eigenvalue weighted by Crippen LogP contribution is 2.32. The third-order valence-corrected chi connectivity index (χ3v) is 4.15. The number of phenolic OH excluding ortho intramolecular Hbond substituents is 1. The molecule has 0 saturated heterocycles. The molecule has 0 spiro atoms. The van der Waals surface area contributed by atoms with Crippen LogP contribution in [0.3, 0.4) is 0 Å². The van der Waals surface area contributed by atoms with Gasteiger partial charge in [0.05, 0.1) is 7.11 Å². The maximum Gasteiger partial charge on any atom is 0.336 e. The SMILES string of the molecule is COc1ccc(CNC(=O)C(=O)Nc2c(O)ccc3c(C)cc(=O)oc23)cc1. The van der Waals surface area contributed by atoms with Gasteiger partial charge in [-0.05, 0) is 42.3 Å². The first-order valence-corrected chi connectivity index (χ1v) is 8.37. The monoisotopic (exact) mass is 382 g/mol. The number of benzene rings is 2. The number of ether oxygens (including phenoxy) is 1. The lowest BCUT2D eigenvalue weighted by Gasteiger charge is -2.11. The molecule has 0 atom stereocenters. The molecule has 28 heavy (non-hydrogen) atoms. The molecule has 0 unspecified atom stereocenters. The molecular formula is C20H18N2O6. The molecule has 0 aliphatic rings. The summed E-state index contributed by atoms with van der Waals surface area (Å²) in [7, 11) is 1.55. The van der Waals surface area contributed by atoms with Crippen LogP contribution in [0.25, 0.3) is 11.0 Å². The van der Waals surface area contributed by atoms with Crippen molar-refractivity contribution in [1.29, 1.82) is 0 Å². The van der Waals surface area contributed by atoms with Crippen LogP contribution in [-0.4, -0.2) is 24.0 Å². The van der Waals surface area contributed by atoms with E-state index in [2.05, 4.69) is 10.6 Å². The minimum atomic E-state index is -1.000. The van der Waals surface area contributed by atoms with Crippen molar-refractivity contribution in [3.63, 3.8) is 0 Å². The zero-order chi connectivity index (χ0) is 20.3. The number of hydrogen-bond acceptors (Lipinski definition) is 6. The highest BCUT2D eigenvalue weighted by atomic mass is 16.5. The van der Waals surface area contributed by atoms with E-state index in [1.165, 1.54) is 12.1 Å². The molecule has 2 aromatic carbocycles. The molecule has 8 nitrogen and oxygen atoms in total. The highest BCUT2D eigenvalue weighted by molar-refractivity contribution is 6.40. The Labute approximate surface area is 159 Å². The smallest absolute Gasteiger partial charge is 0.336 e. The van der Waals surface area contributed by atoms with Gasteiger partial charge in [0.25, 0.3) is 0 Å². The number of nitrogens with one attached hydrogen (secondary N) is 2. The van der Waals surface area contributed by atoms with E-state index < -0.39 is 17.4 Å². The topological polar surface area (TPSA) is 118 Å². The molecule has 1 heterocycles. The number of aryl methyl sites for hydroxylation is 1. The Morgan fingerprint density at radius 3 is 2.50 bits per heavy atom. The van der Waals surface area contributed by atoms with Gasteiger partial charge in [-0.1, -0.05) is 12.1 Å². The number of aromatic hydroxyl groups is 1. The molecule has 0 aliphatic carbocycles. The number of hydrogen-bond donors (Lipinski definition) is 3. The fraction of sp³-hybridized carbons (Fsp3) is 0.150. The highest BCUT2D eigenvalue weighted by Gasteiger charge is 2.19. The van der Waals surface area contributed by atoms with Crippen LogP contribution in [0.1, 0.15) is 11.1 Å². The fourth-order valence-electron chi connectivity index (χ4n) is 2.67. The average Bonchev–Trinajstić information content (AvgIpc) is 2.68. The van der Waals surface area contributed by atoms with Crippen LogP contribution < -0.4 is 21.0 Å². The molecule has 3 aromatic rings. The molecule has 1 aromatic heterocycles. The average molecular weight is 382 g/mol. The maximum atomic E-state index is 12.2.